The zero-order chi connectivity index (χ0) is 17.2. The van der Waals surface area contributed by atoms with Crippen LogP contribution in [0.15, 0.2) is 17.1 Å². The lowest BCUT2D eigenvalue weighted by atomic mass is 10.1. The fraction of sp³-hybridized carbons (Fsp3) is 0.611. The number of hydrogen-bond acceptors (Lipinski definition) is 4. The van der Waals surface area contributed by atoms with Crippen LogP contribution in [0.2, 0.25) is 0 Å². The summed E-state index contributed by atoms with van der Waals surface area (Å²) in [4.78, 5) is 6.86. The summed E-state index contributed by atoms with van der Waals surface area (Å²) < 4.78 is 24.6. The quantitative estimate of drug-likeness (QED) is 0.639. The van der Waals surface area contributed by atoms with Gasteiger partial charge in [-0.25, -0.2) is 4.39 Å². The summed E-state index contributed by atoms with van der Waals surface area (Å²) in [6.45, 7) is 3.27. The minimum atomic E-state index is -0.275. The number of ether oxygens (including phenoxy) is 2. The maximum Gasteiger partial charge on any atom is 0.191 e. The molecule has 6 nitrogen and oxygen atoms in total. The van der Waals surface area contributed by atoms with Gasteiger partial charge in [0.05, 0.1) is 6.61 Å². The molecule has 1 aromatic rings. The highest BCUT2D eigenvalue weighted by Gasteiger charge is 2.34. The first-order valence-electron chi connectivity index (χ1n) is 8.96. The van der Waals surface area contributed by atoms with E-state index in [0.29, 0.717) is 19.2 Å². The zero-order valence-electron chi connectivity index (χ0n) is 14.6. The monoisotopic (exact) mass is 348 g/mol. The number of fused-ring (bicyclic) bond motifs is 1. The Balaban J connectivity index is 1.36. The number of nitrogens with zero attached hydrogens (tertiary/aromatic N) is 2. The predicted molar refractivity (Wildman–Crippen MR) is 93.0 cm³/mol. The molecule has 2 heterocycles. The largest absolute Gasteiger partial charge is 0.467 e. The van der Waals surface area contributed by atoms with Gasteiger partial charge in [0.1, 0.15) is 11.6 Å². The topological polar surface area (TPSA) is 58.1 Å². The van der Waals surface area contributed by atoms with Gasteiger partial charge in [0, 0.05) is 49.9 Å². The van der Waals surface area contributed by atoms with Crippen molar-refractivity contribution in [2.24, 2.45) is 4.99 Å². The second-order valence-electron chi connectivity index (χ2n) is 6.95. The highest BCUT2D eigenvalue weighted by molar-refractivity contribution is 5.80. The zero-order valence-corrected chi connectivity index (χ0v) is 14.6. The van der Waals surface area contributed by atoms with Crippen molar-refractivity contribution in [3.05, 3.63) is 29.1 Å². The summed E-state index contributed by atoms with van der Waals surface area (Å²) in [6.07, 6.45) is 3.81. The molecule has 136 valence electrons. The first kappa shape index (κ1) is 16.6. The Kier molecular flexibility index (Phi) is 4.76. The van der Waals surface area contributed by atoms with Gasteiger partial charge in [0.15, 0.2) is 12.8 Å². The Morgan fingerprint density at radius 3 is 3.04 bits per heavy atom. The average molecular weight is 348 g/mol. The van der Waals surface area contributed by atoms with Gasteiger partial charge < -0.3 is 20.1 Å². The van der Waals surface area contributed by atoms with Crippen LogP contribution in [0.25, 0.3) is 0 Å². The van der Waals surface area contributed by atoms with Crippen LogP contribution in [-0.2, 0) is 17.9 Å². The van der Waals surface area contributed by atoms with E-state index in [1.54, 1.807) is 7.05 Å². The minimum absolute atomic E-state index is 0.206. The molecule has 4 rings (SSSR count). The van der Waals surface area contributed by atoms with Crippen LogP contribution in [0.3, 0.4) is 0 Å². The van der Waals surface area contributed by atoms with Gasteiger partial charge in [0.2, 0.25) is 0 Å². The lowest BCUT2D eigenvalue weighted by Crippen LogP contribution is -2.44. The Hall–Kier alpha value is -1.86. The standard InChI is InChI=1S/C18H25FN4O2/c1-20-18(22-15-4-5-23(9-15)16-2-3-16)21-8-12-6-14(19)7-13-10-24-11-25-17(12)13/h6-7,15-16H,2-5,8-11H2,1H3,(H2,20,21,22). The predicted octanol–water partition coefficient (Wildman–Crippen LogP) is 1.59. The van der Waals surface area contributed by atoms with Crippen LogP contribution >= 0.6 is 0 Å². The number of aliphatic imine (C=N–C) groups is 1. The number of halogens is 1. The van der Waals surface area contributed by atoms with Gasteiger partial charge in [-0.3, -0.25) is 9.89 Å². The molecule has 0 spiro atoms. The van der Waals surface area contributed by atoms with E-state index in [4.69, 9.17) is 9.47 Å². The van der Waals surface area contributed by atoms with E-state index in [2.05, 4.69) is 20.5 Å². The van der Waals surface area contributed by atoms with Crippen LogP contribution in [0, 0.1) is 5.82 Å². The summed E-state index contributed by atoms with van der Waals surface area (Å²) >= 11 is 0. The molecule has 3 aliphatic rings. The van der Waals surface area contributed by atoms with Crippen LogP contribution in [0.4, 0.5) is 4.39 Å². The third-order valence-electron chi connectivity index (χ3n) is 5.05. The molecular formula is C18H25FN4O2. The molecule has 1 unspecified atom stereocenters. The number of guanidine groups is 1. The summed E-state index contributed by atoms with van der Waals surface area (Å²) in [5.74, 6) is 1.19. The lowest BCUT2D eigenvalue weighted by Gasteiger charge is -2.22. The third kappa shape index (κ3) is 3.88. The van der Waals surface area contributed by atoms with Gasteiger partial charge in [-0.2, -0.15) is 0 Å². The maximum absolute atomic E-state index is 13.8. The van der Waals surface area contributed by atoms with Gasteiger partial charge >= 0.3 is 0 Å². The molecule has 0 radical (unpaired) electrons. The number of hydrogen-bond donors (Lipinski definition) is 2. The van der Waals surface area contributed by atoms with Gasteiger partial charge in [-0.05, 0) is 31.4 Å². The lowest BCUT2D eigenvalue weighted by molar-refractivity contribution is -0.0172. The fourth-order valence-corrected chi connectivity index (χ4v) is 3.63. The summed E-state index contributed by atoms with van der Waals surface area (Å²) in [6, 6.07) is 4.20. The minimum Gasteiger partial charge on any atom is -0.467 e. The van der Waals surface area contributed by atoms with Crippen LogP contribution in [0.5, 0.6) is 5.75 Å². The number of likely N-dealkylation sites (tertiary alicyclic amines) is 1. The van der Waals surface area contributed by atoms with Crippen molar-refractivity contribution >= 4 is 5.96 Å². The van der Waals surface area contributed by atoms with Crippen molar-refractivity contribution in [2.75, 3.05) is 26.9 Å². The SMILES string of the molecule is CN=C(NCc1cc(F)cc2c1OCOC2)NC1CCN(C2CC2)C1. The molecule has 0 amide bonds. The van der Waals surface area contributed by atoms with E-state index in [9.17, 15) is 4.39 Å². The van der Waals surface area contributed by atoms with E-state index >= 15 is 0 Å². The molecular weight excluding hydrogens is 323 g/mol. The van der Waals surface area contributed by atoms with Crippen molar-refractivity contribution in [1.29, 1.82) is 0 Å². The molecule has 0 bridgehead atoms. The van der Waals surface area contributed by atoms with Crippen molar-refractivity contribution in [1.82, 2.24) is 15.5 Å². The molecule has 2 N–H and O–H groups in total. The summed E-state index contributed by atoms with van der Waals surface area (Å²) in [5, 5.41) is 6.76. The number of rotatable bonds is 4. The van der Waals surface area contributed by atoms with E-state index in [0.717, 1.165) is 48.4 Å². The third-order valence-corrected chi connectivity index (χ3v) is 5.05. The smallest absolute Gasteiger partial charge is 0.191 e. The Morgan fingerprint density at radius 1 is 1.36 bits per heavy atom. The first-order chi connectivity index (χ1) is 12.2. The molecule has 1 aromatic carbocycles. The van der Waals surface area contributed by atoms with E-state index in [1.807, 2.05) is 0 Å². The molecule has 25 heavy (non-hydrogen) atoms. The van der Waals surface area contributed by atoms with E-state index < -0.39 is 0 Å². The normalized spacial score (nSPS) is 23.9. The van der Waals surface area contributed by atoms with Crippen molar-refractivity contribution in [3.8, 4) is 5.75 Å². The van der Waals surface area contributed by atoms with Crippen molar-refractivity contribution in [2.45, 2.75) is 44.5 Å². The number of nitrogens with one attached hydrogen (secondary N) is 2. The van der Waals surface area contributed by atoms with Gasteiger partial charge in [-0.15, -0.1) is 0 Å². The Bertz CT molecular complexity index is 663. The molecule has 0 aromatic heterocycles. The second-order valence-corrected chi connectivity index (χ2v) is 6.95. The van der Waals surface area contributed by atoms with Gasteiger partial charge in [0.25, 0.3) is 0 Å². The van der Waals surface area contributed by atoms with Crippen LogP contribution in [0.1, 0.15) is 30.4 Å². The maximum atomic E-state index is 13.8. The Morgan fingerprint density at radius 2 is 2.24 bits per heavy atom. The van der Waals surface area contributed by atoms with Crippen LogP contribution < -0.4 is 15.4 Å². The van der Waals surface area contributed by atoms with Crippen LogP contribution in [-0.4, -0.2) is 49.9 Å². The summed E-state index contributed by atoms with van der Waals surface area (Å²) in [7, 11) is 1.76. The molecule has 1 atom stereocenters. The molecule has 1 saturated carbocycles. The molecule has 1 aliphatic carbocycles. The van der Waals surface area contributed by atoms with Gasteiger partial charge in [-0.1, -0.05) is 0 Å². The van der Waals surface area contributed by atoms with Crippen molar-refractivity contribution < 1.29 is 13.9 Å². The van der Waals surface area contributed by atoms with Crippen molar-refractivity contribution in [3.63, 3.8) is 0 Å². The molecule has 2 aliphatic heterocycles. The molecule has 7 heteroatoms. The van der Waals surface area contributed by atoms with E-state index in [-0.39, 0.29) is 12.6 Å². The second kappa shape index (κ2) is 7.17. The average Bonchev–Trinajstić information content (AvgIpc) is 3.37. The molecule has 2 fully saturated rings. The first-order valence-corrected chi connectivity index (χ1v) is 8.96. The Labute approximate surface area is 147 Å². The fourth-order valence-electron chi connectivity index (χ4n) is 3.63. The summed E-state index contributed by atoms with van der Waals surface area (Å²) in [5.41, 5.74) is 1.54. The highest BCUT2D eigenvalue weighted by Crippen LogP contribution is 2.30. The van der Waals surface area contributed by atoms with E-state index in [1.165, 1.54) is 25.0 Å². The number of benzene rings is 1. The molecule has 1 saturated heterocycles. The highest BCUT2D eigenvalue weighted by atomic mass is 19.1.